The standard InChI is InChI=1S/C18H19NO2/c1-14(2)13-19(17(20)15-9-5-3-6-10-15)18(21)16-11-7-4-8-12-16/h3-12,14H,13H2,1-2H3. The largest absolute Gasteiger partial charge is 0.274 e. The average molecular weight is 281 g/mol. The van der Waals surface area contributed by atoms with Crippen LogP contribution in [0.1, 0.15) is 34.6 Å². The molecule has 2 aromatic carbocycles. The summed E-state index contributed by atoms with van der Waals surface area (Å²) in [4.78, 5) is 26.5. The van der Waals surface area contributed by atoms with Crippen molar-refractivity contribution in [2.24, 2.45) is 5.92 Å². The van der Waals surface area contributed by atoms with Crippen LogP contribution < -0.4 is 0 Å². The lowest BCUT2D eigenvalue weighted by Crippen LogP contribution is -2.39. The first-order valence-electron chi connectivity index (χ1n) is 7.06. The van der Waals surface area contributed by atoms with Gasteiger partial charge in [-0.25, -0.2) is 0 Å². The van der Waals surface area contributed by atoms with Crippen molar-refractivity contribution in [1.29, 1.82) is 0 Å². The van der Waals surface area contributed by atoms with E-state index in [0.29, 0.717) is 17.7 Å². The van der Waals surface area contributed by atoms with Gasteiger partial charge in [-0.2, -0.15) is 0 Å². The van der Waals surface area contributed by atoms with E-state index in [1.165, 1.54) is 4.90 Å². The maximum Gasteiger partial charge on any atom is 0.260 e. The fourth-order valence-electron chi connectivity index (χ4n) is 2.10. The molecule has 0 unspecified atom stereocenters. The maximum absolute atomic E-state index is 12.6. The van der Waals surface area contributed by atoms with Crippen molar-refractivity contribution in [2.75, 3.05) is 6.54 Å². The molecule has 0 saturated heterocycles. The molecule has 0 heterocycles. The van der Waals surface area contributed by atoms with Crippen LogP contribution in [0.15, 0.2) is 60.7 Å². The molecule has 2 amide bonds. The fraction of sp³-hybridized carbons (Fsp3) is 0.222. The van der Waals surface area contributed by atoms with Crippen molar-refractivity contribution in [3.63, 3.8) is 0 Å². The third-order valence-corrected chi connectivity index (χ3v) is 3.08. The van der Waals surface area contributed by atoms with Gasteiger partial charge in [-0.3, -0.25) is 14.5 Å². The Morgan fingerprint density at radius 2 is 1.19 bits per heavy atom. The van der Waals surface area contributed by atoms with E-state index in [1.54, 1.807) is 48.5 Å². The quantitative estimate of drug-likeness (QED) is 0.803. The zero-order valence-corrected chi connectivity index (χ0v) is 12.3. The van der Waals surface area contributed by atoms with Gasteiger partial charge in [-0.05, 0) is 30.2 Å². The van der Waals surface area contributed by atoms with Crippen molar-refractivity contribution in [1.82, 2.24) is 4.90 Å². The first kappa shape index (κ1) is 15.0. The van der Waals surface area contributed by atoms with Gasteiger partial charge in [0.15, 0.2) is 0 Å². The van der Waals surface area contributed by atoms with Crippen LogP contribution in [0.2, 0.25) is 0 Å². The molecule has 0 aromatic heterocycles. The zero-order chi connectivity index (χ0) is 15.2. The number of carbonyl (C=O) groups excluding carboxylic acids is 2. The first-order chi connectivity index (χ1) is 10.1. The van der Waals surface area contributed by atoms with Crippen molar-refractivity contribution in [3.8, 4) is 0 Å². The van der Waals surface area contributed by atoms with Crippen molar-refractivity contribution >= 4 is 11.8 Å². The summed E-state index contributed by atoms with van der Waals surface area (Å²) in [6.45, 7) is 4.38. The van der Waals surface area contributed by atoms with Crippen molar-refractivity contribution < 1.29 is 9.59 Å². The van der Waals surface area contributed by atoms with Crippen LogP contribution in [0.4, 0.5) is 0 Å². The third-order valence-electron chi connectivity index (χ3n) is 3.08. The minimum Gasteiger partial charge on any atom is -0.274 e. The number of hydrogen-bond donors (Lipinski definition) is 0. The molecule has 3 nitrogen and oxygen atoms in total. The molecule has 0 radical (unpaired) electrons. The molecule has 2 rings (SSSR count). The Hall–Kier alpha value is -2.42. The highest BCUT2D eigenvalue weighted by Crippen LogP contribution is 2.12. The molecule has 21 heavy (non-hydrogen) atoms. The Bertz CT molecular complexity index is 554. The van der Waals surface area contributed by atoms with Crippen LogP contribution in [0.3, 0.4) is 0 Å². The number of hydrogen-bond acceptors (Lipinski definition) is 2. The summed E-state index contributed by atoms with van der Waals surface area (Å²) in [7, 11) is 0. The molecule has 108 valence electrons. The topological polar surface area (TPSA) is 37.4 Å². The van der Waals surface area contributed by atoms with Crippen LogP contribution in [0.5, 0.6) is 0 Å². The molecule has 0 spiro atoms. The van der Waals surface area contributed by atoms with Crippen LogP contribution in [-0.2, 0) is 0 Å². The Kier molecular flexibility index (Phi) is 4.88. The van der Waals surface area contributed by atoms with E-state index in [9.17, 15) is 9.59 Å². The molecule has 0 aliphatic heterocycles. The van der Waals surface area contributed by atoms with Gasteiger partial charge in [0.1, 0.15) is 0 Å². The lowest BCUT2D eigenvalue weighted by Gasteiger charge is -2.23. The van der Waals surface area contributed by atoms with E-state index in [0.717, 1.165) is 0 Å². The monoisotopic (exact) mass is 281 g/mol. The predicted octanol–water partition coefficient (Wildman–Crippen LogP) is 3.63. The van der Waals surface area contributed by atoms with E-state index >= 15 is 0 Å². The molecular weight excluding hydrogens is 262 g/mol. The van der Waals surface area contributed by atoms with Crippen molar-refractivity contribution in [3.05, 3.63) is 71.8 Å². The zero-order valence-electron chi connectivity index (χ0n) is 12.3. The molecule has 0 aliphatic rings. The smallest absolute Gasteiger partial charge is 0.260 e. The molecule has 2 aromatic rings. The van der Waals surface area contributed by atoms with Gasteiger partial charge < -0.3 is 0 Å². The summed E-state index contributed by atoms with van der Waals surface area (Å²) in [6.07, 6.45) is 0. The minimum atomic E-state index is -0.252. The lowest BCUT2D eigenvalue weighted by atomic mass is 10.1. The second kappa shape index (κ2) is 6.84. The van der Waals surface area contributed by atoms with E-state index < -0.39 is 0 Å². The summed E-state index contributed by atoms with van der Waals surface area (Å²) in [5, 5.41) is 0. The summed E-state index contributed by atoms with van der Waals surface area (Å²) in [5.41, 5.74) is 1.06. The van der Waals surface area contributed by atoms with E-state index in [1.807, 2.05) is 26.0 Å². The predicted molar refractivity (Wildman–Crippen MR) is 83.1 cm³/mol. The molecule has 0 bridgehead atoms. The van der Waals surface area contributed by atoms with Crippen LogP contribution in [0, 0.1) is 5.92 Å². The van der Waals surface area contributed by atoms with Crippen LogP contribution in [0.25, 0.3) is 0 Å². The van der Waals surface area contributed by atoms with Crippen LogP contribution >= 0.6 is 0 Å². The molecule has 0 N–H and O–H groups in total. The number of rotatable bonds is 4. The van der Waals surface area contributed by atoms with E-state index in [4.69, 9.17) is 0 Å². The van der Waals surface area contributed by atoms with Gasteiger partial charge in [0, 0.05) is 17.7 Å². The van der Waals surface area contributed by atoms with Gasteiger partial charge in [0.25, 0.3) is 11.8 Å². The molecule has 3 heteroatoms. The van der Waals surface area contributed by atoms with Crippen LogP contribution in [-0.4, -0.2) is 23.3 Å². The molecule has 0 saturated carbocycles. The fourth-order valence-corrected chi connectivity index (χ4v) is 2.10. The Morgan fingerprint density at radius 3 is 1.52 bits per heavy atom. The molecule has 0 fully saturated rings. The summed E-state index contributed by atoms with van der Waals surface area (Å²) < 4.78 is 0. The van der Waals surface area contributed by atoms with Gasteiger partial charge in [-0.15, -0.1) is 0 Å². The van der Waals surface area contributed by atoms with Gasteiger partial charge in [0.05, 0.1) is 0 Å². The normalized spacial score (nSPS) is 10.4. The maximum atomic E-state index is 12.6. The first-order valence-corrected chi connectivity index (χ1v) is 7.06. The second-order valence-corrected chi connectivity index (χ2v) is 5.35. The number of amides is 2. The van der Waals surface area contributed by atoms with Gasteiger partial charge >= 0.3 is 0 Å². The molecule has 0 aliphatic carbocycles. The van der Waals surface area contributed by atoms with Crippen molar-refractivity contribution in [2.45, 2.75) is 13.8 Å². The minimum absolute atomic E-state index is 0.213. The highest BCUT2D eigenvalue weighted by atomic mass is 16.2. The highest BCUT2D eigenvalue weighted by Gasteiger charge is 2.24. The average Bonchev–Trinajstić information content (AvgIpc) is 2.53. The third kappa shape index (κ3) is 3.78. The second-order valence-electron chi connectivity index (χ2n) is 5.35. The lowest BCUT2D eigenvalue weighted by molar-refractivity contribution is 0.0597. The summed E-state index contributed by atoms with van der Waals surface area (Å²) in [5.74, 6) is -0.290. The Morgan fingerprint density at radius 1 is 0.810 bits per heavy atom. The number of nitrogens with zero attached hydrogens (tertiary/aromatic N) is 1. The Labute approximate surface area is 125 Å². The van der Waals surface area contributed by atoms with Gasteiger partial charge in [-0.1, -0.05) is 50.2 Å². The SMILES string of the molecule is CC(C)CN(C(=O)c1ccccc1)C(=O)c1ccccc1. The van der Waals surface area contributed by atoms with E-state index in [-0.39, 0.29) is 17.7 Å². The number of imide groups is 1. The molecular formula is C18H19NO2. The summed E-state index contributed by atoms with van der Waals surface area (Å²) >= 11 is 0. The van der Waals surface area contributed by atoms with E-state index in [2.05, 4.69) is 0 Å². The number of benzene rings is 2. The number of carbonyl (C=O) groups is 2. The highest BCUT2D eigenvalue weighted by molar-refractivity contribution is 6.10. The summed E-state index contributed by atoms with van der Waals surface area (Å²) in [6, 6.07) is 17.8. The Balaban J connectivity index is 2.31. The molecule has 0 atom stereocenters. The van der Waals surface area contributed by atoms with Gasteiger partial charge in [0.2, 0.25) is 0 Å².